The third-order valence-electron chi connectivity index (χ3n) is 3.47. The molecule has 1 N–H and O–H groups in total. The Hall–Kier alpha value is -3.54. The fourth-order valence-electron chi connectivity index (χ4n) is 2.32. The van der Waals surface area contributed by atoms with Crippen molar-refractivity contribution in [2.45, 2.75) is 0 Å². The van der Waals surface area contributed by atoms with Crippen LogP contribution in [0.5, 0.6) is 0 Å². The lowest BCUT2D eigenvalue weighted by Gasteiger charge is -2.11. The van der Waals surface area contributed by atoms with Crippen LogP contribution in [-0.2, 0) is 0 Å². The van der Waals surface area contributed by atoms with Crippen LogP contribution < -0.4 is 5.32 Å². The number of rotatable bonds is 5. The van der Waals surface area contributed by atoms with E-state index in [4.69, 9.17) is 0 Å². The second-order valence-corrected chi connectivity index (χ2v) is 5.02. The quantitative estimate of drug-likeness (QED) is 0.437. The van der Waals surface area contributed by atoms with Crippen LogP contribution in [0.3, 0.4) is 0 Å². The third kappa shape index (κ3) is 3.12. The Morgan fingerprint density at radius 2 is 1.67 bits per heavy atom. The number of anilines is 2. The topological polar surface area (TPSA) is 85.1 Å². The van der Waals surface area contributed by atoms with Crippen LogP contribution in [0, 0.1) is 10.1 Å². The normalized spacial score (nSPS) is 10.2. The first-order chi connectivity index (χ1) is 11.7. The summed E-state index contributed by atoms with van der Waals surface area (Å²) in [6, 6.07) is 17.3. The summed E-state index contributed by atoms with van der Waals surface area (Å²) in [5.74, 6) is -0.157. The fraction of sp³-hybridized carbons (Fsp3) is 0. The van der Waals surface area contributed by atoms with E-state index in [1.165, 1.54) is 18.5 Å². The van der Waals surface area contributed by atoms with Gasteiger partial charge in [0.2, 0.25) is 0 Å². The van der Waals surface area contributed by atoms with E-state index in [1.807, 2.05) is 6.07 Å². The first kappa shape index (κ1) is 15.4. The first-order valence-corrected chi connectivity index (χ1v) is 7.21. The minimum atomic E-state index is -0.517. The molecule has 0 atom stereocenters. The summed E-state index contributed by atoms with van der Waals surface area (Å²) >= 11 is 0. The van der Waals surface area contributed by atoms with E-state index >= 15 is 0 Å². The molecule has 0 amide bonds. The molecular weight excluding hydrogens is 306 g/mol. The highest BCUT2D eigenvalue weighted by molar-refractivity contribution is 6.12. The van der Waals surface area contributed by atoms with Crippen molar-refractivity contribution in [3.05, 3.63) is 94.3 Å². The smallest absolute Gasteiger partial charge is 0.310 e. The van der Waals surface area contributed by atoms with Crippen molar-refractivity contribution in [3.63, 3.8) is 0 Å². The van der Waals surface area contributed by atoms with E-state index in [0.29, 0.717) is 16.8 Å². The highest BCUT2D eigenvalue weighted by Gasteiger charge is 2.17. The van der Waals surface area contributed by atoms with Gasteiger partial charge in [0.25, 0.3) is 0 Å². The van der Waals surface area contributed by atoms with Crippen LogP contribution in [0.2, 0.25) is 0 Å². The molecule has 6 nitrogen and oxygen atoms in total. The van der Waals surface area contributed by atoms with Gasteiger partial charge in [-0.25, -0.2) is 0 Å². The van der Waals surface area contributed by atoms with Gasteiger partial charge in [0.05, 0.1) is 4.92 Å². The Morgan fingerprint density at radius 1 is 0.958 bits per heavy atom. The number of benzene rings is 2. The van der Waals surface area contributed by atoms with E-state index in [2.05, 4.69) is 10.3 Å². The third-order valence-corrected chi connectivity index (χ3v) is 3.47. The van der Waals surface area contributed by atoms with Gasteiger partial charge in [-0.15, -0.1) is 0 Å². The minimum absolute atomic E-state index is 0.153. The number of aromatic nitrogens is 1. The molecule has 1 aromatic heterocycles. The fourth-order valence-corrected chi connectivity index (χ4v) is 2.32. The molecule has 0 aliphatic heterocycles. The zero-order valence-electron chi connectivity index (χ0n) is 12.5. The number of carbonyl (C=O) groups is 1. The van der Waals surface area contributed by atoms with Gasteiger partial charge in [-0.1, -0.05) is 42.5 Å². The summed E-state index contributed by atoms with van der Waals surface area (Å²) in [4.78, 5) is 27.0. The van der Waals surface area contributed by atoms with E-state index in [9.17, 15) is 14.9 Å². The van der Waals surface area contributed by atoms with Gasteiger partial charge in [0, 0.05) is 23.0 Å². The van der Waals surface area contributed by atoms with Crippen molar-refractivity contribution in [3.8, 4) is 0 Å². The predicted octanol–water partition coefficient (Wildman–Crippen LogP) is 3.96. The van der Waals surface area contributed by atoms with Gasteiger partial charge in [-0.05, 0) is 18.2 Å². The molecule has 0 aliphatic carbocycles. The molecular formula is C18H13N3O3. The van der Waals surface area contributed by atoms with Crippen LogP contribution in [0.25, 0.3) is 0 Å². The molecule has 2 aromatic carbocycles. The second kappa shape index (κ2) is 6.70. The SMILES string of the molecule is O=C(c1ccccc1)c1ccccc1Nc1ccncc1[N+](=O)[O-]. The maximum Gasteiger partial charge on any atom is 0.310 e. The molecule has 3 aromatic rings. The molecule has 24 heavy (non-hydrogen) atoms. The number of hydrogen-bond donors (Lipinski definition) is 1. The lowest BCUT2D eigenvalue weighted by Crippen LogP contribution is -2.06. The zero-order chi connectivity index (χ0) is 16.9. The van der Waals surface area contributed by atoms with Gasteiger partial charge in [0.15, 0.2) is 5.78 Å². The minimum Gasteiger partial charge on any atom is -0.349 e. The molecule has 0 radical (unpaired) electrons. The lowest BCUT2D eigenvalue weighted by atomic mass is 10.0. The number of hydrogen-bond acceptors (Lipinski definition) is 5. The molecule has 0 aliphatic rings. The molecule has 3 rings (SSSR count). The summed E-state index contributed by atoms with van der Waals surface area (Å²) in [5, 5.41) is 14.1. The summed E-state index contributed by atoms with van der Waals surface area (Å²) in [6.07, 6.45) is 2.63. The number of nitrogens with zero attached hydrogens (tertiary/aromatic N) is 2. The number of para-hydroxylation sites is 1. The highest BCUT2D eigenvalue weighted by Crippen LogP contribution is 2.28. The first-order valence-electron chi connectivity index (χ1n) is 7.21. The highest BCUT2D eigenvalue weighted by atomic mass is 16.6. The monoisotopic (exact) mass is 319 g/mol. The predicted molar refractivity (Wildman–Crippen MR) is 90.5 cm³/mol. The summed E-state index contributed by atoms with van der Waals surface area (Å²) in [6.45, 7) is 0. The Labute approximate surface area is 137 Å². The van der Waals surface area contributed by atoms with Gasteiger partial charge >= 0.3 is 5.69 Å². The Morgan fingerprint density at radius 3 is 2.42 bits per heavy atom. The maximum absolute atomic E-state index is 12.7. The number of carbonyl (C=O) groups excluding carboxylic acids is 1. The number of nitrogens with one attached hydrogen (secondary N) is 1. The van der Waals surface area contributed by atoms with Gasteiger partial charge in [0.1, 0.15) is 11.9 Å². The van der Waals surface area contributed by atoms with Crippen LogP contribution in [0.15, 0.2) is 73.1 Å². The van der Waals surface area contributed by atoms with Crippen LogP contribution >= 0.6 is 0 Å². The van der Waals surface area contributed by atoms with Crippen molar-refractivity contribution in [2.24, 2.45) is 0 Å². The van der Waals surface area contributed by atoms with Crippen molar-refractivity contribution in [1.29, 1.82) is 0 Å². The molecule has 0 unspecified atom stereocenters. The molecule has 0 spiro atoms. The maximum atomic E-state index is 12.7. The van der Waals surface area contributed by atoms with Crippen LogP contribution in [-0.4, -0.2) is 15.7 Å². The standard InChI is InChI=1S/C18H13N3O3/c22-18(13-6-2-1-3-7-13)14-8-4-5-9-15(14)20-16-10-11-19-12-17(16)21(23)24/h1-12H,(H,19,20). The average molecular weight is 319 g/mol. The Kier molecular flexibility index (Phi) is 4.29. The van der Waals surface area contributed by atoms with Gasteiger partial charge < -0.3 is 5.32 Å². The Balaban J connectivity index is 1.99. The second-order valence-electron chi connectivity index (χ2n) is 5.02. The van der Waals surface area contributed by atoms with Crippen LogP contribution in [0.4, 0.5) is 17.1 Å². The van der Waals surface area contributed by atoms with Crippen LogP contribution in [0.1, 0.15) is 15.9 Å². The van der Waals surface area contributed by atoms with Gasteiger partial charge in [-0.2, -0.15) is 0 Å². The van der Waals surface area contributed by atoms with Crippen molar-refractivity contribution >= 4 is 22.8 Å². The largest absolute Gasteiger partial charge is 0.349 e. The molecule has 1 heterocycles. The van der Waals surface area contributed by atoms with Crippen molar-refractivity contribution < 1.29 is 9.72 Å². The molecule has 6 heteroatoms. The molecule has 0 fully saturated rings. The van der Waals surface area contributed by atoms with E-state index in [0.717, 1.165) is 0 Å². The summed E-state index contributed by atoms with van der Waals surface area (Å²) in [5.41, 5.74) is 1.62. The number of ketones is 1. The zero-order valence-corrected chi connectivity index (χ0v) is 12.5. The van der Waals surface area contributed by atoms with Crippen molar-refractivity contribution in [1.82, 2.24) is 4.98 Å². The number of nitro groups is 1. The van der Waals surface area contributed by atoms with E-state index in [1.54, 1.807) is 48.5 Å². The van der Waals surface area contributed by atoms with Gasteiger partial charge in [-0.3, -0.25) is 19.9 Å². The average Bonchev–Trinajstić information content (AvgIpc) is 2.62. The lowest BCUT2D eigenvalue weighted by molar-refractivity contribution is -0.384. The molecule has 0 saturated heterocycles. The molecule has 0 bridgehead atoms. The van der Waals surface area contributed by atoms with E-state index in [-0.39, 0.29) is 17.2 Å². The van der Waals surface area contributed by atoms with Crippen molar-refractivity contribution in [2.75, 3.05) is 5.32 Å². The summed E-state index contributed by atoms with van der Waals surface area (Å²) < 4.78 is 0. The van der Waals surface area contributed by atoms with E-state index < -0.39 is 4.92 Å². The Bertz CT molecular complexity index is 895. The molecule has 118 valence electrons. The summed E-state index contributed by atoms with van der Waals surface area (Å²) in [7, 11) is 0. The molecule has 0 saturated carbocycles. The number of pyridine rings is 1.